The van der Waals surface area contributed by atoms with E-state index in [1.165, 1.54) is 33.0 Å². The molecule has 0 unspecified atom stereocenters. The third-order valence-corrected chi connectivity index (χ3v) is 9.03. The van der Waals surface area contributed by atoms with Gasteiger partial charge in [0.1, 0.15) is 11.2 Å². The molecule has 0 saturated heterocycles. The third-order valence-electron chi connectivity index (χ3n) is 9.03. The minimum absolute atomic E-state index is 0.900. The van der Waals surface area contributed by atoms with Crippen LogP contribution >= 0.6 is 0 Å². The number of fused-ring (bicyclic) bond motifs is 6. The van der Waals surface area contributed by atoms with Crippen LogP contribution in [-0.4, -0.2) is 0 Å². The van der Waals surface area contributed by atoms with Gasteiger partial charge < -0.3 is 9.32 Å². The van der Waals surface area contributed by atoms with Crippen molar-refractivity contribution in [3.63, 3.8) is 0 Å². The van der Waals surface area contributed by atoms with E-state index in [9.17, 15) is 0 Å². The number of rotatable bonds is 5. The van der Waals surface area contributed by atoms with Crippen LogP contribution < -0.4 is 4.90 Å². The monoisotopic (exact) mass is 587 g/mol. The van der Waals surface area contributed by atoms with Gasteiger partial charge in [0.25, 0.3) is 0 Å². The summed E-state index contributed by atoms with van der Waals surface area (Å²) in [6, 6.07) is 62.8. The van der Waals surface area contributed by atoms with E-state index in [0.29, 0.717) is 0 Å². The quantitative estimate of drug-likeness (QED) is 0.199. The van der Waals surface area contributed by atoms with Gasteiger partial charge in [0, 0.05) is 27.5 Å². The fourth-order valence-corrected chi connectivity index (χ4v) is 6.77. The summed E-state index contributed by atoms with van der Waals surface area (Å²) in [5.74, 6) is 0. The van der Waals surface area contributed by atoms with Crippen LogP contribution in [0.4, 0.5) is 17.1 Å². The van der Waals surface area contributed by atoms with Gasteiger partial charge >= 0.3 is 0 Å². The molecule has 216 valence electrons. The lowest BCUT2D eigenvalue weighted by Gasteiger charge is -2.27. The van der Waals surface area contributed by atoms with Gasteiger partial charge in [-0.2, -0.15) is 0 Å². The maximum Gasteiger partial charge on any atom is 0.145 e. The second kappa shape index (κ2) is 10.8. The van der Waals surface area contributed by atoms with Gasteiger partial charge in [-0.3, -0.25) is 0 Å². The minimum atomic E-state index is 0.900. The molecular weight excluding hydrogens is 558 g/mol. The average Bonchev–Trinajstić information content (AvgIpc) is 3.51. The van der Waals surface area contributed by atoms with Gasteiger partial charge in [0.15, 0.2) is 0 Å². The molecule has 0 aliphatic carbocycles. The standard InChI is InChI=1S/C44H29NO/c1-2-10-30(11-3-1)32-22-25-37(26-23-32)45(38-16-8-15-35(29-38)36-21-20-31-12-4-5-13-34(31)28-36)41-18-9-14-33-24-27-40-39-17-6-7-19-42(39)46-44(40)43(33)41/h1-29H. The Kier molecular flexibility index (Phi) is 6.17. The van der Waals surface area contributed by atoms with Crippen molar-refractivity contribution in [3.8, 4) is 22.3 Å². The highest BCUT2D eigenvalue weighted by Crippen LogP contribution is 2.44. The molecule has 0 spiro atoms. The predicted molar refractivity (Wildman–Crippen MR) is 194 cm³/mol. The first kappa shape index (κ1) is 26.3. The number of furan rings is 1. The van der Waals surface area contributed by atoms with Gasteiger partial charge in [0.05, 0.1) is 5.69 Å². The van der Waals surface area contributed by atoms with Gasteiger partial charge in [-0.25, -0.2) is 0 Å². The lowest BCUT2D eigenvalue weighted by atomic mass is 9.99. The van der Waals surface area contributed by atoms with Crippen molar-refractivity contribution < 1.29 is 4.42 Å². The van der Waals surface area contributed by atoms with Crippen LogP contribution in [-0.2, 0) is 0 Å². The zero-order valence-corrected chi connectivity index (χ0v) is 25.1. The molecule has 46 heavy (non-hydrogen) atoms. The van der Waals surface area contributed by atoms with Crippen molar-refractivity contribution in [2.45, 2.75) is 0 Å². The van der Waals surface area contributed by atoms with Crippen molar-refractivity contribution in [3.05, 3.63) is 176 Å². The Morgan fingerprint density at radius 3 is 1.91 bits per heavy atom. The van der Waals surface area contributed by atoms with Gasteiger partial charge in [-0.15, -0.1) is 0 Å². The number of para-hydroxylation sites is 1. The van der Waals surface area contributed by atoms with E-state index < -0.39 is 0 Å². The van der Waals surface area contributed by atoms with Crippen LogP contribution in [0.25, 0.3) is 65.7 Å². The zero-order chi connectivity index (χ0) is 30.5. The van der Waals surface area contributed by atoms with Gasteiger partial charge in [0.2, 0.25) is 0 Å². The van der Waals surface area contributed by atoms with Crippen LogP contribution in [0, 0.1) is 0 Å². The molecule has 0 atom stereocenters. The number of hydrogen-bond acceptors (Lipinski definition) is 2. The molecule has 0 radical (unpaired) electrons. The van der Waals surface area contributed by atoms with E-state index in [4.69, 9.17) is 4.42 Å². The van der Waals surface area contributed by atoms with Crippen molar-refractivity contribution in [1.82, 2.24) is 0 Å². The Morgan fingerprint density at radius 1 is 0.370 bits per heavy atom. The summed E-state index contributed by atoms with van der Waals surface area (Å²) in [4.78, 5) is 2.37. The Morgan fingerprint density at radius 2 is 1.02 bits per heavy atom. The minimum Gasteiger partial charge on any atom is -0.455 e. The van der Waals surface area contributed by atoms with Crippen LogP contribution in [0.3, 0.4) is 0 Å². The summed E-state index contributed by atoms with van der Waals surface area (Å²) in [6.07, 6.45) is 0. The van der Waals surface area contributed by atoms with Crippen molar-refractivity contribution in [2.24, 2.45) is 0 Å². The summed E-state index contributed by atoms with van der Waals surface area (Å²) in [5, 5.41) is 6.97. The molecular formula is C44H29NO. The molecule has 2 nitrogen and oxygen atoms in total. The molecule has 0 amide bonds. The molecule has 9 rings (SSSR count). The second-order valence-electron chi connectivity index (χ2n) is 11.8. The fraction of sp³-hybridized carbons (Fsp3) is 0. The Balaban J connectivity index is 1.27. The number of anilines is 3. The Hall–Kier alpha value is -6.12. The maximum atomic E-state index is 6.61. The lowest BCUT2D eigenvalue weighted by molar-refractivity contribution is 0.672. The van der Waals surface area contributed by atoms with Crippen LogP contribution in [0.1, 0.15) is 0 Å². The van der Waals surface area contributed by atoms with Gasteiger partial charge in [-0.1, -0.05) is 127 Å². The summed E-state index contributed by atoms with van der Waals surface area (Å²) in [5.41, 5.74) is 9.79. The molecule has 0 N–H and O–H groups in total. The highest BCUT2D eigenvalue weighted by Gasteiger charge is 2.20. The first-order valence-corrected chi connectivity index (χ1v) is 15.7. The average molecular weight is 588 g/mol. The van der Waals surface area contributed by atoms with Crippen LogP contribution in [0.2, 0.25) is 0 Å². The van der Waals surface area contributed by atoms with Crippen LogP contribution in [0.5, 0.6) is 0 Å². The molecule has 1 aromatic heterocycles. The topological polar surface area (TPSA) is 16.4 Å². The number of hydrogen-bond donors (Lipinski definition) is 0. The number of nitrogens with zero attached hydrogens (tertiary/aromatic N) is 1. The van der Waals surface area contributed by atoms with Crippen LogP contribution in [0.15, 0.2) is 180 Å². The maximum absolute atomic E-state index is 6.61. The van der Waals surface area contributed by atoms with E-state index in [2.05, 4.69) is 175 Å². The molecule has 8 aromatic carbocycles. The molecule has 0 aliphatic heterocycles. The first-order chi connectivity index (χ1) is 22.8. The highest BCUT2D eigenvalue weighted by atomic mass is 16.3. The van der Waals surface area contributed by atoms with Crippen molar-refractivity contribution >= 4 is 60.5 Å². The fourth-order valence-electron chi connectivity index (χ4n) is 6.77. The van der Waals surface area contributed by atoms with E-state index in [1.807, 2.05) is 6.07 Å². The molecule has 2 heteroatoms. The highest BCUT2D eigenvalue weighted by molar-refractivity contribution is 6.19. The lowest BCUT2D eigenvalue weighted by Crippen LogP contribution is -2.10. The van der Waals surface area contributed by atoms with Gasteiger partial charge in [-0.05, 0) is 86.9 Å². The molecule has 1 heterocycles. The van der Waals surface area contributed by atoms with Crippen molar-refractivity contribution in [2.75, 3.05) is 4.90 Å². The smallest absolute Gasteiger partial charge is 0.145 e. The Bertz CT molecular complexity index is 2530. The van der Waals surface area contributed by atoms with E-state index >= 15 is 0 Å². The van der Waals surface area contributed by atoms with E-state index in [0.717, 1.165) is 49.8 Å². The molecule has 0 fully saturated rings. The summed E-state index contributed by atoms with van der Waals surface area (Å²) in [7, 11) is 0. The predicted octanol–water partition coefficient (Wildman–Crippen LogP) is 12.7. The molecule has 0 aliphatic rings. The summed E-state index contributed by atoms with van der Waals surface area (Å²) < 4.78 is 6.61. The zero-order valence-electron chi connectivity index (χ0n) is 25.1. The number of benzene rings is 8. The van der Waals surface area contributed by atoms with E-state index in [-0.39, 0.29) is 0 Å². The summed E-state index contributed by atoms with van der Waals surface area (Å²) in [6.45, 7) is 0. The normalized spacial score (nSPS) is 11.5. The molecule has 0 saturated carbocycles. The SMILES string of the molecule is c1ccc(-c2ccc(N(c3cccc(-c4ccc5ccccc5c4)c3)c3cccc4ccc5c6ccccc6oc5c34)cc2)cc1. The second-order valence-corrected chi connectivity index (χ2v) is 11.8. The Labute approximate surface area is 267 Å². The van der Waals surface area contributed by atoms with Crippen molar-refractivity contribution in [1.29, 1.82) is 0 Å². The molecule has 0 bridgehead atoms. The summed E-state index contributed by atoms with van der Waals surface area (Å²) >= 11 is 0. The third kappa shape index (κ3) is 4.43. The van der Waals surface area contributed by atoms with E-state index in [1.54, 1.807) is 0 Å². The molecule has 9 aromatic rings. The largest absolute Gasteiger partial charge is 0.455 e. The first-order valence-electron chi connectivity index (χ1n) is 15.7.